The summed E-state index contributed by atoms with van der Waals surface area (Å²) in [6.07, 6.45) is 0.138. The fourth-order valence-corrected chi connectivity index (χ4v) is 4.02. The van der Waals surface area contributed by atoms with Gasteiger partial charge in [-0.15, -0.1) is 0 Å². The Hall–Kier alpha value is -1.69. The number of amides is 1. The van der Waals surface area contributed by atoms with E-state index in [1.807, 2.05) is 0 Å². The van der Waals surface area contributed by atoms with E-state index in [0.29, 0.717) is 0 Å². The highest BCUT2D eigenvalue weighted by molar-refractivity contribution is 7.89. The molecule has 0 spiro atoms. The Balaban J connectivity index is 3.53. The summed E-state index contributed by atoms with van der Waals surface area (Å²) in [7, 11) is -2.80. The Morgan fingerprint density at radius 2 is 1.88 bits per heavy atom. The van der Waals surface area contributed by atoms with Gasteiger partial charge in [-0.1, -0.05) is 20.8 Å². The smallest absolute Gasteiger partial charge is 0.261 e. The van der Waals surface area contributed by atoms with E-state index in [0.717, 1.165) is 10.4 Å². The Kier molecular flexibility index (Phi) is 7.80. The first kappa shape index (κ1) is 21.4. The number of carbonyl (C=O) groups excluding carboxylic acids is 1. The van der Waals surface area contributed by atoms with Crippen molar-refractivity contribution in [2.45, 2.75) is 32.1 Å². The second kappa shape index (κ2) is 9.13. The molecule has 1 amide bonds. The van der Waals surface area contributed by atoms with Crippen molar-refractivity contribution in [2.24, 2.45) is 0 Å². The van der Waals surface area contributed by atoms with Gasteiger partial charge in [0.25, 0.3) is 11.3 Å². The minimum Gasteiger partial charge on any atom is -0.504 e. The third kappa shape index (κ3) is 5.14. The molecule has 1 rings (SSSR count). The molecule has 9 nitrogen and oxygen atoms in total. The number of benzene rings is 1. The number of nitrogens with zero attached hydrogens (tertiary/aromatic N) is 1. The Morgan fingerprint density at radius 3 is 2.36 bits per heavy atom. The van der Waals surface area contributed by atoms with E-state index in [-0.39, 0.29) is 30.9 Å². The highest BCUT2D eigenvalue weighted by atomic mass is 32.2. The first-order chi connectivity index (χ1) is 11.7. The number of hydrogen-bond acceptors (Lipinski definition) is 6. The minimum atomic E-state index is -4.01. The van der Waals surface area contributed by atoms with Crippen molar-refractivity contribution in [3.8, 4) is 5.75 Å². The monoisotopic (exact) mass is 393 g/mol. The molecule has 0 aliphatic heterocycles. The highest BCUT2D eigenvalue weighted by Crippen LogP contribution is 2.36. The summed E-state index contributed by atoms with van der Waals surface area (Å²) in [5.74, 6) is -0.992. The number of nitrogens with one attached hydrogen (secondary N) is 2. The third-order valence-corrected chi connectivity index (χ3v) is 6.11. The maximum atomic E-state index is 12.7. The van der Waals surface area contributed by atoms with E-state index in [1.54, 1.807) is 20.8 Å². The van der Waals surface area contributed by atoms with Crippen molar-refractivity contribution in [1.29, 1.82) is 0 Å². The number of sulfonamides is 1. The van der Waals surface area contributed by atoms with Crippen molar-refractivity contribution in [1.82, 2.24) is 4.31 Å². The zero-order chi connectivity index (χ0) is 19.2. The average Bonchev–Trinajstić information content (AvgIpc) is 2.57. The predicted molar refractivity (Wildman–Crippen MR) is 95.9 cm³/mol. The summed E-state index contributed by atoms with van der Waals surface area (Å²) in [4.78, 5) is 11.2. The van der Waals surface area contributed by atoms with Gasteiger partial charge in [0, 0.05) is 19.5 Å². The maximum Gasteiger partial charge on any atom is 0.261 e. The van der Waals surface area contributed by atoms with Gasteiger partial charge in [0.1, 0.15) is 4.90 Å². The Morgan fingerprint density at radius 1 is 1.28 bits per heavy atom. The summed E-state index contributed by atoms with van der Waals surface area (Å²) < 4.78 is 45.2. The molecular weight excluding hydrogens is 370 g/mol. The predicted octanol–water partition coefficient (Wildman–Crippen LogP) is 1.41. The first-order valence-electron chi connectivity index (χ1n) is 7.61. The van der Waals surface area contributed by atoms with Crippen LogP contribution in [0.3, 0.4) is 0 Å². The van der Waals surface area contributed by atoms with Crippen LogP contribution in [0.25, 0.3) is 0 Å². The molecule has 3 N–H and O–H groups in total. The van der Waals surface area contributed by atoms with Gasteiger partial charge in [-0.3, -0.25) is 13.7 Å². The van der Waals surface area contributed by atoms with Crippen molar-refractivity contribution >= 4 is 38.6 Å². The standard InChI is InChI=1S/C14H23N3O6S2/c1-5-13(18)15-11-8-10(16-24(20)23-4)9-12(14(11)19)25(21,22)17(6-2)7-3/h8-9,16,19H,5-7H2,1-4H3,(H,15,18). The second-order valence-electron chi connectivity index (χ2n) is 4.87. The topological polar surface area (TPSA) is 125 Å². The zero-order valence-corrected chi connectivity index (χ0v) is 16.2. The van der Waals surface area contributed by atoms with Crippen LogP contribution in [0.5, 0.6) is 5.75 Å². The number of carbonyl (C=O) groups is 1. The largest absolute Gasteiger partial charge is 0.504 e. The number of aromatic hydroxyl groups is 1. The minimum absolute atomic E-state index is 0.101. The van der Waals surface area contributed by atoms with Gasteiger partial charge < -0.3 is 10.4 Å². The number of anilines is 2. The molecule has 0 saturated carbocycles. The van der Waals surface area contributed by atoms with Crippen LogP contribution >= 0.6 is 0 Å². The summed E-state index contributed by atoms with van der Waals surface area (Å²) >= 11 is -1.91. The van der Waals surface area contributed by atoms with Gasteiger partial charge in [-0.25, -0.2) is 12.6 Å². The van der Waals surface area contributed by atoms with Crippen LogP contribution in [0.15, 0.2) is 17.0 Å². The van der Waals surface area contributed by atoms with Crippen LogP contribution in [0.4, 0.5) is 11.4 Å². The number of phenols is 1. The Bertz CT molecular complexity index is 747. The molecule has 0 aliphatic carbocycles. The van der Waals surface area contributed by atoms with Crippen molar-refractivity contribution < 1.29 is 26.7 Å². The lowest BCUT2D eigenvalue weighted by atomic mass is 10.2. The lowest BCUT2D eigenvalue weighted by molar-refractivity contribution is -0.115. The van der Waals surface area contributed by atoms with Gasteiger partial charge in [0.2, 0.25) is 15.9 Å². The van der Waals surface area contributed by atoms with Crippen molar-refractivity contribution in [3.05, 3.63) is 12.1 Å². The summed E-state index contributed by atoms with van der Waals surface area (Å²) in [6, 6.07) is 2.42. The molecule has 0 radical (unpaired) electrons. The molecule has 1 unspecified atom stereocenters. The van der Waals surface area contributed by atoms with Crippen LogP contribution in [0.2, 0.25) is 0 Å². The lowest BCUT2D eigenvalue weighted by Crippen LogP contribution is -2.31. The van der Waals surface area contributed by atoms with E-state index >= 15 is 0 Å². The van der Waals surface area contributed by atoms with Crippen molar-refractivity contribution in [2.75, 3.05) is 30.2 Å². The third-order valence-electron chi connectivity index (χ3n) is 3.35. The van der Waals surface area contributed by atoms with E-state index < -0.39 is 37.8 Å². The molecule has 0 heterocycles. The van der Waals surface area contributed by atoms with Gasteiger partial charge in [0.15, 0.2) is 5.75 Å². The zero-order valence-electron chi connectivity index (χ0n) is 14.5. The molecule has 142 valence electrons. The maximum absolute atomic E-state index is 12.7. The molecule has 0 fully saturated rings. The van der Waals surface area contributed by atoms with Gasteiger partial charge in [-0.05, 0) is 12.1 Å². The van der Waals surface area contributed by atoms with Crippen LogP contribution in [0, 0.1) is 0 Å². The van der Waals surface area contributed by atoms with E-state index in [1.165, 1.54) is 13.2 Å². The quantitative estimate of drug-likeness (QED) is 0.430. The van der Waals surface area contributed by atoms with Crippen LogP contribution in [-0.4, -0.2) is 48.1 Å². The molecule has 0 aliphatic rings. The second-order valence-corrected chi connectivity index (χ2v) is 7.78. The molecule has 11 heteroatoms. The van der Waals surface area contributed by atoms with Gasteiger partial charge in [-0.2, -0.15) is 4.31 Å². The van der Waals surface area contributed by atoms with Crippen LogP contribution in [-0.2, 0) is 30.3 Å². The first-order valence-corrected chi connectivity index (χ1v) is 10.1. The molecular formula is C14H23N3O6S2. The fraction of sp³-hybridized carbons (Fsp3) is 0.500. The highest BCUT2D eigenvalue weighted by Gasteiger charge is 2.28. The average molecular weight is 393 g/mol. The molecule has 1 aromatic rings. The SMILES string of the molecule is CCC(=O)Nc1cc(NS(=O)OC)cc(S(=O)(=O)N(CC)CC)c1O. The summed E-state index contributed by atoms with van der Waals surface area (Å²) in [5, 5.41) is 12.8. The Labute approximate surface area is 150 Å². The van der Waals surface area contributed by atoms with Gasteiger partial charge in [0.05, 0.1) is 18.5 Å². The molecule has 0 bridgehead atoms. The molecule has 0 aromatic heterocycles. The number of hydrogen-bond donors (Lipinski definition) is 3. The summed E-state index contributed by atoms with van der Waals surface area (Å²) in [6.45, 7) is 5.36. The summed E-state index contributed by atoms with van der Waals surface area (Å²) in [5.41, 5.74) is 0.00537. The molecule has 1 atom stereocenters. The van der Waals surface area contributed by atoms with Crippen molar-refractivity contribution in [3.63, 3.8) is 0 Å². The normalized spacial score (nSPS) is 12.8. The molecule has 1 aromatic carbocycles. The van der Waals surface area contributed by atoms with E-state index in [2.05, 4.69) is 14.2 Å². The van der Waals surface area contributed by atoms with Crippen LogP contribution in [0.1, 0.15) is 27.2 Å². The fourth-order valence-electron chi connectivity index (χ4n) is 2.04. The number of phenolic OH excluding ortho intramolecular Hbond substituents is 1. The molecule has 25 heavy (non-hydrogen) atoms. The van der Waals surface area contributed by atoms with Crippen LogP contribution < -0.4 is 10.0 Å². The number of rotatable bonds is 9. The molecule has 0 saturated heterocycles. The van der Waals surface area contributed by atoms with E-state index in [9.17, 15) is 22.5 Å². The van der Waals surface area contributed by atoms with E-state index in [4.69, 9.17) is 0 Å². The lowest BCUT2D eigenvalue weighted by Gasteiger charge is -2.21. The van der Waals surface area contributed by atoms with Gasteiger partial charge >= 0.3 is 0 Å².